The van der Waals surface area contributed by atoms with Crippen LogP contribution in [0.15, 0.2) is 0 Å². The summed E-state index contributed by atoms with van der Waals surface area (Å²) in [4.78, 5) is 10.9. The van der Waals surface area contributed by atoms with Gasteiger partial charge in [-0.2, -0.15) is 0 Å². The number of unbranched alkanes of at least 4 members (excludes halogenated alkanes) is 19. The van der Waals surface area contributed by atoms with Crippen molar-refractivity contribution >= 4 is 6.16 Å². The fourth-order valence-electron chi connectivity index (χ4n) is 4.30. The number of hydrogen-bond donors (Lipinski definition) is 1. The van der Waals surface area contributed by atoms with Crippen LogP contribution in [-0.4, -0.2) is 17.4 Å². The zero-order chi connectivity index (χ0) is 22.1. The number of carbonyl (C=O) groups is 1. The molecule has 0 spiro atoms. The van der Waals surface area contributed by atoms with Crippen molar-refractivity contribution in [2.75, 3.05) is 0 Å². The van der Waals surface area contributed by atoms with E-state index >= 15 is 0 Å². The summed E-state index contributed by atoms with van der Waals surface area (Å²) < 4.78 is 5.11. The molecular formula is C27H54O3. The van der Waals surface area contributed by atoms with Crippen molar-refractivity contribution in [1.29, 1.82) is 0 Å². The minimum atomic E-state index is -1.10. The van der Waals surface area contributed by atoms with Crippen LogP contribution in [0.1, 0.15) is 162 Å². The number of ether oxygens (including phenoxy) is 1. The van der Waals surface area contributed by atoms with Crippen LogP contribution in [0.25, 0.3) is 0 Å². The van der Waals surface area contributed by atoms with Gasteiger partial charge in [0.2, 0.25) is 0 Å². The van der Waals surface area contributed by atoms with Crippen molar-refractivity contribution in [1.82, 2.24) is 0 Å². The molecule has 0 saturated heterocycles. The van der Waals surface area contributed by atoms with Gasteiger partial charge in [0.25, 0.3) is 0 Å². The summed E-state index contributed by atoms with van der Waals surface area (Å²) in [6.07, 6.45) is 28.5. The molecule has 0 radical (unpaired) electrons. The molecule has 0 saturated carbocycles. The average molecular weight is 427 g/mol. The van der Waals surface area contributed by atoms with Gasteiger partial charge in [0.1, 0.15) is 6.10 Å². The highest BCUT2D eigenvalue weighted by Gasteiger charge is 2.13. The molecule has 0 bridgehead atoms. The van der Waals surface area contributed by atoms with Gasteiger partial charge in [-0.25, -0.2) is 4.79 Å². The van der Waals surface area contributed by atoms with E-state index in [2.05, 4.69) is 13.8 Å². The molecule has 180 valence electrons. The zero-order valence-electron chi connectivity index (χ0n) is 20.6. The van der Waals surface area contributed by atoms with Crippen LogP contribution in [0.5, 0.6) is 0 Å². The maximum atomic E-state index is 10.9. The van der Waals surface area contributed by atoms with Crippen LogP contribution >= 0.6 is 0 Å². The molecule has 0 amide bonds. The van der Waals surface area contributed by atoms with Crippen LogP contribution in [0, 0.1) is 0 Å². The van der Waals surface area contributed by atoms with Crippen molar-refractivity contribution in [3.8, 4) is 0 Å². The van der Waals surface area contributed by atoms with E-state index in [0.29, 0.717) is 0 Å². The van der Waals surface area contributed by atoms with Gasteiger partial charge in [-0.15, -0.1) is 0 Å². The van der Waals surface area contributed by atoms with Gasteiger partial charge in [0, 0.05) is 0 Å². The Labute approximate surface area is 188 Å². The molecule has 3 heteroatoms. The number of hydrogen-bond acceptors (Lipinski definition) is 2. The Morgan fingerprint density at radius 2 is 0.800 bits per heavy atom. The first-order valence-corrected chi connectivity index (χ1v) is 13.6. The van der Waals surface area contributed by atoms with Crippen LogP contribution in [0.2, 0.25) is 0 Å². The van der Waals surface area contributed by atoms with Gasteiger partial charge in [0.15, 0.2) is 0 Å². The third-order valence-corrected chi connectivity index (χ3v) is 6.28. The second kappa shape index (κ2) is 24.5. The first-order chi connectivity index (χ1) is 14.7. The summed E-state index contributed by atoms with van der Waals surface area (Å²) in [7, 11) is 0. The molecule has 0 aliphatic heterocycles. The minimum Gasteiger partial charge on any atom is -0.450 e. The molecule has 1 N–H and O–H groups in total. The normalized spacial score (nSPS) is 12.2. The van der Waals surface area contributed by atoms with E-state index in [-0.39, 0.29) is 6.10 Å². The second-order valence-corrected chi connectivity index (χ2v) is 9.30. The van der Waals surface area contributed by atoms with E-state index in [1.54, 1.807) is 0 Å². The number of rotatable bonds is 24. The molecule has 0 rings (SSSR count). The maximum absolute atomic E-state index is 10.9. The summed E-state index contributed by atoms with van der Waals surface area (Å²) in [5.41, 5.74) is 0. The van der Waals surface area contributed by atoms with E-state index in [9.17, 15) is 4.79 Å². The predicted molar refractivity (Wildman–Crippen MR) is 130 cm³/mol. The highest BCUT2D eigenvalue weighted by molar-refractivity contribution is 5.57. The quantitative estimate of drug-likeness (QED) is 0.123. The van der Waals surface area contributed by atoms with E-state index in [1.807, 2.05) is 0 Å². The molecule has 30 heavy (non-hydrogen) atoms. The monoisotopic (exact) mass is 426 g/mol. The Morgan fingerprint density at radius 3 is 1.07 bits per heavy atom. The van der Waals surface area contributed by atoms with E-state index in [0.717, 1.165) is 25.7 Å². The SMILES string of the molecule is CCCCCCCCCCCCCCCCCC(CCCCCCCC)OC(=O)O. The summed E-state index contributed by atoms with van der Waals surface area (Å²) in [5, 5.41) is 8.96. The predicted octanol–water partition coefficient (Wildman–Crippen LogP) is 10.1. The minimum absolute atomic E-state index is 0.0874. The molecular weight excluding hydrogens is 372 g/mol. The molecule has 3 nitrogen and oxygen atoms in total. The molecule has 0 fully saturated rings. The summed E-state index contributed by atoms with van der Waals surface area (Å²) in [6, 6.07) is 0. The molecule has 0 heterocycles. The van der Waals surface area contributed by atoms with E-state index in [1.165, 1.54) is 122 Å². The molecule has 0 aliphatic rings. The van der Waals surface area contributed by atoms with Crippen molar-refractivity contribution in [3.05, 3.63) is 0 Å². The fourth-order valence-corrected chi connectivity index (χ4v) is 4.30. The van der Waals surface area contributed by atoms with Crippen LogP contribution in [-0.2, 0) is 4.74 Å². The summed E-state index contributed by atoms with van der Waals surface area (Å²) in [6.45, 7) is 4.51. The molecule has 1 atom stereocenters. The van der Waals surface area contributed by atoms with Crippen LogP contribution in [0.3, 0.4) is 0 Å². The standard InChI is InChI=1S/C27H54O3/c1-3-5-7-9-11-12-13-14-15-16-17-18-19-21-23-25-26(30-27(28)29)24-22-20-10-8-6-4-2/h26H,3-25H2,1-2H3,(H,28,29). The third kappa shape index (κ3) is 23.5. The Kier molecular flexibility index (Phi) is 23.9. The molecule has 0 aromatic rings. The van der Waals surface area contributed by atoms with Gasteiger partial charge < -0.3 is 9.84 Å². The zero-order valence-corrected chi connectivity index (χ0v) is 20.6. The molecule has 0 aliphatic carbocycles. The smallest absolute Gasteiger partial charge is 0.450 e. The third-order valence-electron chi connectivity index (χ3n) is 6.28. The van der Waals surface area contributed by atoms with Gasteiger partial charge in [-0.05, 0) is 25.7 Å². The Hall–Kier alpha value is -0.730. The Morgan fingerprint density at radius 1 is 0.533 bits per heavy atom. The lowest BCUT2D eigenvalue weighted by atomic mass is 10.0. The first kappa shape index (κ1) is 29.3. The van der Waals surface area contributed by atoms with Gasteiger partial charge in [0.05, 0.1) is 0 Å². The topological polar surface area (TPSA) is 46.5 Å². The van der Waals surface area contributed by atoms with Crippen molar-refractivity contribution in [2.45, 2.75) is 168 Å². The van der Waals surface area contributed by atoms with Crippen LogP contribution < -0.4 is 0 Å². The second-order valence-electron chi connectivity index (χ2n) is 9.30. The average Bonchev–Trinajstić information content (AvgIpc) is 2.72. The molecule has 1 unspecified atom stereocenters. The highest BCUT2D eigenvalue weighted by Crippen LogP contribution is 2.18. The van der Waals surface area contributed by atoms with Crippen molar-refractivity contribution in [3.63, 3.8) is 0 Å². The lowest BCUT2D eigenvalue weighted by molar-refractivity contribution is 0.0422. The van der Waals surface area contributed by atoms with Gasteiger partial charge >= 0.3 is 6.16 Å². The Balaban J connectivity index is 3.45. The van der Waals surface area contributed by atoms with E-state index in [4.69, 9.17) is 9.84 Å². The maximum Gasteiger partial charge on any atom is 0.506 e. The summed E-state index contributed by atoms with van der Waals surface area (Å²) >= 11 is 0. The van der Waals surface area contributed by atoms with Gasteiger partial charge in [-0.3, -0.25) is 0 Å². The summed E-state index contributed by atoms with van der Waals surface area (Å²) in [5.74, 6) is 0. The highest BCUT2D eigenvalue weighted by atomic mass is 16.7. The number of carboxylic acid groups (broad SMARTS) is 1. The van der Waals surface area contributed by atoms with Crippen molar-refractivity contribution in [2.24, 2.45) is 0 Å². The fraction of sp³-hybridized carbons (Fsp3) is 0.963. The molecule has 0 aromatic carbocycles. The van der Waals surface area contributed by atoms with Crippen molar-refractivity contribution < 1.29 is 14.6 Å². The Bertz CT molecular complexity index is 343. The largest absolute Gasteiger partial charge is 0.506 e. The lowest BCUT2D eigenvalue weighted by Crippen LogP contribution is -2.16. The first-order valence-electron chi connectivity index (χ1n) is 13.6. The lowest BCUT2D eigenvalue weighted by Gasteiger charge is -2.15. The van der Waals surface area contributed by atoms with E-state index < -0.39 is 6.16 Å². The van der Waals surface area contributed by atoms with Gasteiger partial charge in [-0.1, -0.05) is 136 Å². The van der Waals surface area contributed by atoms with Crippen LogP contribution in [0.4, 0.5) is 4.79 Å². The molecule has 0 aromatic heterocycles.